The van der Waals surface area contributed by atoms with Crippen molar-refractivity contribution in [2.24, 2.45) is 0 Å². The summed E-state index contributed by atoms with van der Waals surface area (Å²) < 4.78 is 29.2. The van der Waals surface area contributed by atoms with Crippen molar-refractivity contribution in [1.29, 1.82) is 0 Å². The number of nitrogens with zero attached hydrogens (tertiary/aromatic N) is 1. The van der Waals surface area contributed by atoms with E-state index < -0.39 is 5.82 Å². The Labute approximate surface area is 152 Å². The van der Waals surface area contributed by atoms with Crippen LogP contribution in [0, 0.1) is 5.82 Å². The monoisotopic (exact) mass is 362 g/mol. The van der Waals surface area contributed by atoms with E-state index in [-0.39, 0.29) is 18.3 Å². The highest BCUT2D eigenvalue weighted by atomic mass is 19.1. The average molecular weight is 362 g/mol. The van der Waals surface area contributed by atoms with Gasteiger partial charge in [-0.2, -0.15) is 0 Å². The lowest BCUT2D eigenvalue weighted by molar-refractivity contribution is 0.203. The summed E-state index contributed by atoms with van der Waals surface area (Å²) in [6.45, 7) is 0.974. The zero-order chi connectivity index (χ0) is 18.9. The fourth-order valence-corrected chi connectivity index (χ4v) is 2.29. The first-order valence-corrected chi connectivity index (χ1v) is 8.11. The highest BCUT2D eigenvalue weighted by molar-refractivity contribution is 5.73. The molecule has 2 amide bonds. The number of methoxy groups -OCH3 is 2. The Morgan fingerprint density at radius 1 is 1.08 bits per heavy atom. The molecule has 0 heterocycles. The van der Waals surface area contributed by atoms with E-state index in [1.54, 1.807) is 50.6 Å². The standard InChI is InChI=1S/C19H23FN2O4/c1-22(13-14-4-9-18(25-3)17(20)12-14)19(23)21-10-11-26-16-7-5-15(24-2)6-8-16/h4-9,12H,10-11,13H2,1-3H3,(H,21,23). The molecule has 0 saturated heterocycles. The highest BCUT2D eigenvalue weighted by Gasteiger charge is 2.10. The molecule has 0 fully saturated rings. The molecule has 7 heteroatoms. The van der Waals surface area contributed by atoms with Crippen LogP contribution in [-0.4, -0.2) is 45.3 Å². The summed E-state index contributed by atoms with van der Waals surface area (Å²) in [5.74, 6) is 1.17. The van der Waals surface area contributed by atoms with Crippen LogP contribution in [0.5, 0.6) is 17.2 Å². The predicted octanol–water partition coefficient (Wildman–Crippen LogP) is 3.06. The van der Waals surface area contributed by atoms with Gasteiger partial charge in [0.15, 0.2) is 11.6 Å². The minimum Gasteiger partial charge on any atom is -0.497 e. The Morgan fingerprint density at radius 2 is 1.77 bits per heavy atom. The van der Waals surface area contributed by atoms with Gasteiger partial charge >= 0.3 is 6.03 Å². The molecule has 2 aromatic rings. The first-order valence-electron chi connectivity index (χ1n) is 8.11. The molecule has 0 atom stereocenters. The van der Waals surface area contributed by atoms with Gasteiger partial charge in [-0.1, -0.05) is 6.07 Å². The summed E-state index contributed by atoms with van der Waals surface area (Å²) in [5, 5.41) is 2.75. The largest absolute Gasteiger partial charge is 0.497 e. The van der Waals surface area contributed by atoms with E-state index in [2.05, 4.69) is 5.32 Å². The number of amides is 2. The van der Waals surface area contributed by atoms with Gasteiger partial charge in [0.1, 0.15) is 18.1 Å². The van der Waals surface area contributed by atoms with E-state index in [0.29, 0.717) is 24.5 Å². The van der Waals surface area contributed by atoms with E-state index >= 15 is 0 Å². The van der Waals surface area contributed by atoms with Gasteiger partial charge in [0.25, 0.3) is 0 Å². The molecule has 2 rings (SSSR count). The van der Waals surface area contributed by atoms with E-state index in [4.69, 9.17) is 14.2 Å². The van der Waals surface area contributed by atoms with Gasteiger partial charge in [0, 0.05) is 13.6 Å². The maximum Gasteiger partial charge on any atom is 0.317 e. The molecule has 2 aromatic carbocycles. The predicted molar refractivity (Wildman–Crippen MR) is 96.3 cm³/mol. The first-order chi connectivity index (χ1) is 12.5. The van der Waals surface area contributed by atoms with Crippen molar-refractivity contribution in [2.45, 2.75) is 6.54 Å². The molecule has 0 aliphatic carbocycles. The number of hydrogen-bond donors (Lipinski definition) is 1. The van der Waals surface area contributed by atoms with Gasteiger partial charge in [-0.3, -0.25) is 0 Å². The summed E-state index contributed by atoms with van der Waals surface area (Å²) in [6.07, 6.45) is 0. The molecule has 0 saturated carbocycles. The molecule has 140 valence electrons. The van der Waals surface area contributed by atoms with Gasteiger partial charge in [-0.15, -0.1) is 0 Å². The Hall–Kier alpha value is -2.96. The van der Waals surface area contributed by atoms with Gasteiger partial charge < -0.3 is 24.4 Å². The van der Waals surface area contributed by atoms with Crippen molar-refractivity contribution in [3.05, 3.63) is 53.8 Å². The van der Waals surface area contributed by atoms with Crippen LogP contribution in [0.15, 0.2) is 42.5 Å². The average Bonchev–Trinajstić information content (AvgIpc) is 2.65. The smallest absolute Gasteiger partial charge is 0.317 e. The van der Waals surface area contributed by atoms with Crippen LogP contribution >= 0.6 is 0 Å². The number of urea groups is 1. The maximum absolute atomic E-state index is 13.7. The van der Waals surface area contributed by atoms with Gasteiger partial charge in [-0.25, -0.2) is 9.18 Å². The number of carbonyl (C=O) groups excluding carboxylic acids is 1. The number of halogens is 1. The van der Waals surface area contributed by atoms with Crippen LogP contribution < -0.4 is 19.5 Å². The van der Waals surface area contributed by atoms with Crippen LogP contribution in [0.1, 0.15) is 5.56 Å². The number of rotatable bonds is 8. The van der Waals surface area contributed by atoms with Crippen molar-refractivity contribution >= 4 is 6.03 Å². The van der Waals surface area contributed by atoms with Crippen molar-refractivity contribution in [2.75, 3.05) is 34.4 Å². The van der Waals surface area contributed by atoms with E-state index in [9.17, 15) is 9.18 Å². The van der Waals surface area contributed by atoms with Crippen LogP contribution in [0.2, 0.25) is 0 Å². The van der Waals surface area contributed by atoms with Gasteiger partial charge in [-0.05, 0) is 42.0 Å². The number of carbonyl (C=O) groups is 1. The van der Waals surface area contributed by atoms with Gasteiger partial charge in [0.2, 0.25) is 0 Å². The lowest BCUT2D eigenvalue weighted by atomic mass is 10.2. The lowest BCUT2D eigenvalue weighted by Gasteiger charge is -2.18. The molecule has 0 spiro atoms. The van der Waals surface area contributed by atoms with E-state index in [1.807, 2.05) is 0 Å². The Kier molecular flexibility index (Phi) is 7.08. The third-order valence-corrected chi connectivity index (χ3v) is 3.69. The lowest BCUT2D eigenvalue weighted by Crippen LogP contribution is -2.38. The number of benzene rings is 2. The second kappa shape index (κ2) is 9.50. The van der Waals surface area contributed by atoms with Gasteiger partial charge in [0.05, 0.1) is 20.8 Å². The molecule has 26 heavy (non-hydrogen) atoms. The second-order valence-electron chi connectivity index (χ2n) is 5.58. The first kappa shape index (κ1) is 19.4. The summed E-state index contributed by atoms with van der Waals surface area (Å²) in [4.78, 5) is 13.5. The number of ether oxygens (including phenoxy) is 3. The molecule has 0 bridgehead atoms. The van der Waals surface area contributed by atoms with Crippen molar-refractivity contribution in [1.82, 2.24) is 10.2 Å². The minimum absolute atomic E-state index is 0.177. The summed E-state index contributed by atoms with van der Waals surface area (Å²) in [6, 6.07) is 11.5. The maximum atomic E-state index is 13.7. The molecule has 0 radical (unpaired) electrons. The molecular weight excluding hydrogens is 339 g/mol. The summed E-state index contributed by atoms with van der Waals surface area (Å²) in [5.41, 5.74) is 0.676. The van der Waals surface area contributed by atoms with E-state index in [1.165, 1.54) is 18.1 Å². The molecule has 0 aromatic heterocycles. The molecule has 0 unspecified atom stereocenters. The van der Waals surface area contributed by atoms with Crippen LogP contribution in [-0.2, 0) is 6.54 Å². The third kappa shape index (κ3) is 5.54. The Bertz CT molecular complexity index is 722. The molecule has 0 aliphatic heterocycles. The molecular formula is C19H23FN2O4. The third-order valence-electron chi connectivity index (χ3n) is 3.69. The van der Waals surface area contributed by atoms with Crippen molar-refractivity contribution < 1.29 is 23.4 Å². The normalized spacial score (nSPS) is 10.2. The fraction of sp³-hybridized carbons (Fsp3) is 0.316. The summed E-state index contributed by atoms with van der Waals surface area (Å²) >= 11 is 0. The summed E-state index contributed by atoms with van der Waals surface area (Å²) in [7, 11) is 4.65. The second-order valence-corrected chi connectivity index (χ2v) is 5.58. The topological polar surface area (TPSA) is 60.0 Å². The SMILES string of the molecule is COc1ccc(OCCNC(=O)N(C)Cc2ccc(OC)c(F)c2)cc1. The van der Waals surface area contributed by atoms with Crippen LogP contribution in [0.3, 0.4) is 0 Å². The molecule has 0 aliphatic rings. The molecule has 1 N–H and O–H groups in total. The highest BCUT2D eigenvalue weighted by Crippen LogP contribution is 2.18. The zero-order valence-corrected chi connectivity index (χ0v) is 15.1. The molecule has 6 nitrogen and oxygen atoms in total. The van der Waals surface area contributed by atoms with Crippen LogP contribution in [0.25, 0.3) is 0 Å². The number of nitrogens with one attached hydrogen (secondary N) is 1. The number of hydrogen-bond acceptors (Lipinski definition) is 4. The van der Waals surface area contributed by atoms with Crippen molar-refractivity contribution in [3.63, 3.8) is 0 Å². The fourth-order valence-electron chi connectivity index (χ4n) is 2.29. The van der Waals surface area contributed by atoms with Crippen LogP contribution in [0.4, 0.5) is 9.18 Å². The van der Waals surface area contributed by atoms with E-state index in [0.717, 1.165) is 5.75 Å². The zero-order valence-electron chi connectivity index (χ0n) is 15.1. The Balaban J connectivity index is 1.73. The quantitative estimate of drug-likeness (QED) is 0.733. The Morgan fingerprint density at radius 3 is 2.38 bits per heavy atom. The minimum atomic E-state index is -0.452. The van der Waals surface area contributed by atoms with Crippen molar-refractivity contribution in [3.8, 4) is 17.2 Å².